The number of non-ortho nitro benzene ring substituents is 1. The fourth-order valence-electron chi connectivity index (χ4n) is 1.64. The Hall–Kier alpha value is -3.44. The van der Waals surface area contributed by atoms with Crippen LogP contribution in [0.1, 0.15) is 13.8 Å². The Morgan fingerprint density at radius 3 is 2.00 bits per heavy atom. The van der Waals surface area contributed by atoms with Crippen molar-refractivity contribution in [2.45, 2.75) is 13.8 Å². The number of ether oxygens (including phenoxy) is 2. The summed E-state index contributed by atoms with van der Waals surface area (Å²) in [5.74, 6) is 0. The zero-order chi connectivity index (χ0) is 18.3. The number of hydrogen-bond donors (Lipinski definition) is 2. The van der Waals surface area contributed by atoms with Gasteiger partial charge in [0.1, 0.15) is 5.69 Å². The zero-order valence-corrected chi connectivity index (χ0v) is 12.7. The van der Waals surface area contributed by atoms with Crippen LogP contribution in [0.5, 0.6) is 0 Å². The molecule has 0 fully saturated rings. The molecule has 2 amide bonds. The molecule has 1 aromatic carbocycles. The monoisotopic (exact) mass is 342 g/mol. The molecule has 12 heteroatoms. The second-order valence-electron chi connectivity index (χ2n) is 4.09. The molecule has 0 spiro atoms. The van der Waals surface area contributed by atoms with E-state index in [1.807, 2.05) is 0 Å². The lowest BCUT2D eigenvalue weighted by Gasteiger charge is -2.12. The maximum absolute atomic E-state index is 11.5. The van der Waals surface area contributed by atoms with Gasteiger partial charge in [0.05, 0.1) is 34.8 Å². The smallest absolute Gasteiger partial charge is 0.411 e. The van der Waals surface area contributed by atoms with Crippen LogP contribution in [0, 0.1) is 20.2 Å². The van der Waals surface area contributed by atoms with Gasteiger partial charge < -0.3 is 9.47 Å². The Labute approximate surface area is 135 Å². The largest absolute Gasteiger partial charge is 0.450 e. The highest BCUT2D eigenvalue weighted by Gasteiger charge is 2.27. The second kappa shape index (κ2) is 8.26. The van der Waals surface area contributed by atoms with Crippen molar-refractivity contribution in [2.75, 3.05) is 23.8 Å². The summed E-state index contributed by atoms with van der Waals surface area (Å²) in [6, 6.07) is 1.50. The highest BCUT2D eigenvalue weighted by Crippen LogP contribution is 2.37. The van der Waals surface area contributed by atoms with Crippen LogP contribution in [-0.4, -0.2) is 35.2 Å². The Balaban J connectivity index is 3.41. The lowest BCUT2D eigenvalue weighted by Crippen LogP contribution is -2.19. The maximum Gasteiger partial charge on any atom is 0.411 e. The molecular formula is C12H14N4O8. The maximum atomic E-state index is 11.5. The van der Waals surface area contributed by atoms with Crippen molar-refractivity contribution < 1.29 is 28.9 Å². The third-order valence-electron chi connectivity index (χ3n) is 2.52. The number of anilines is 2. The summed E-state index contributed by atoms with van der Waals surface area (Å²) < 4.78 is 9.24. The summed E-state index contributed by atoms with van der Waals surface area (Å²) in [5.41, 5.74) is -2.27. The molecule has 0 aliphatic rings. The second-order valence-corrected chi connectivity index (χ2v) is 4.09. The van der Waals surface area contributed by atoms with Crippen LogP contribution in [0.25, 0.3) is 0 Å². The standard InChI is InChI=1S/C12H14N4O8/c1-3-23-11(17)13-8-5-7(15(19)20)6-9(16(21)22)10(8)14-12(18)24-4-2/h5-6H,3-4H2,1-2H3,(H,13,17)(H,14,18). The predicted molar refractivity (Wildman–Crippen MR) is 81.0 cm³/mol. The zero-order valence-electron chi connectivity index (χ0n) is 12.7. The van der Waals surface area contributed by atoms with Crippen LogP contribution in [-0.2, 0) is 9.47 Å². The topological polar surface area (TPSA) is 163 Å². The van der Waals surface area contributed by atoms with Crippen molar-refractivity contribution in [1.82, 2.24) is 0 Å². The first-order valence-electron chi connectivity index (χ1n) is 6.64. The molecule has 0 unspecified atom stereocenters. The van der Waals surface area contributed by atoms with E-state index in [1.54, 1.807) is 0 Å². The minimum absolute atomic E-state index is 0.00346. The Bertz CT molecular complexity index is 675. The predicted octanol–water partition coefficient (Wildman–Crippen LogP) is 2.64. The number of carbonyl (C=O) groups is 2. The van der Waals surface area contributed by atoms with Crippen molar-refractivity contribution >= 4 is 34.9 Å². The van der Waals surface area contributed by atoms with E-state index in [4.69, 9.17) is 0 Å². The Kier molecular flexibility index (Phi) is 6.40. The van der Waals surface area contributed by atoms with Crippen LogP contribution >= 0.6 is 0 Å². The third-order valence-corrected chi connectivity index (χ3v) is 2.52. The number of rotatable bonds is 6. The number of nitro groups is 2. The fourth-order valence-corrected chi connectivity index (χ4v) is 1.64. The van der Waals surface area contributed by atoms with Crippen LogP contribution in [0.4, 0.5) is 32.3 Å². The van der Waals surface area contributed by atoms with E-state index in [9.17, 15) is 29.8 Å². The van der Waals surface area contributed by atoms with E-state index in [0.717, 1.165) is 6.07 Å². The molecule has 0 radical (unpaired) electrons. The SMILES string of the molecule is CCOC(=O)Nc1cc([N+](=O)[O-])cc([N+](=O)[O-])c1NC(=O)OCC. The van der Waals surface area contributed by atoms with Crippen molar-refractivity contribution in [3.63, 3.8) is 0 Å². The normalized spacial score (nSPS) is 9.75. The quantitative estimate of drug-likeness (QED) is 0.588. The highest BCUT2D eigenvalue weighted by molar-refractivity contribution is 5.99. The van der Waals surface area contributed by atoms with Gasteiger partial charge in [-0.1, -0.05) is 0 Å². The molecule has 0 aliphatic carbocycles. The summed E-state index contributed by atoms with van der Waals surface area (Å²) in [6.45, 7) is 3.03. The summed E-state index contributed by atoms with van der Waals surface area (Å²) >= 11 is 0. The molecule has 12 nitrogen and oxygen atoms in total. The van der Waals surface area contributed by atoms with Gasteiger partial charge >= 0.3 is 17.9 Å². The van der Waals surface area contributed by atoms with E-state index in [2.05, 4.69) is 20.1 Å². The number of nitrogens with one attached hydrogen (secondary N) is 2. The Morgan fingerprint density at radius 2 is 1.54 bits per heavy atom. The first-order valence-corrected chi connectivity index (χ1v) is 6.64. The van der Waals surface area contributed by atoms with E-state index in [-0.39, 0.29) is 18.9 Å². The van der Waals surface area contributed by atoms with Crippen molar-refractivity contribution in [3.8, 4) is 0 Å². The molecular weight excluding hydrogens is 328 g/mol. The summed E-state index contributed by atoms with van der Waals surface area (Å²) in [6.07, 6.45) is -2.03. The fraction of sp³-hybridized carbons (Fsp3) is 0.333. The van der Waals surface area contributed by atoms with Crippen LogP contribution in [0.3, 0.4) is 0 Å². The first-order chi connectivity index (χ1) is 11.3. The number of hydrogen-bond acceptors (Lipinski definition) is 8. The summed E-state index contributed by atoms with van der Waals surface area (Å²) in [7, 11) is 0. The number of nitro benzene ring substituents is 2. The van der Waals surface area contributed by atoms with Crippen molar-refractivity contribution in [1.29, 1.82) is 0 Å². The van der Waals surface area contributed by atoms with Crippen LogP contribution < -0.4 is 10.6 Å². The van der Waals surface area contributed by atoms with Gasteiger partial charge in [0.2, 0.25) is 0 Å². The van der Waals surface area contributed by atoms with Gasteiger partial charge in [0.25, 0.3) is 5.69 Å². The van der Waals surface area contributed by atoms with E-state index < -0.39 is 39.1 Å². The lowest BCUT2D eigenvalue weighted by molar-refractivity contribution is -0.393. The molecule has 0 saturated heterocycles. The lowest BCUT2D eigenvalue weighted by atomic mass is 10.2. The number of amides is 2. The van der Waals surface area contributed by atoms with Crippen molar-refractivity contribution in [3.05, 3.63) is 32.4 Å². The van der Waals surface area contributed by atoms with Crippen LogP contribution in [0.2, 0.25) is 0 Å². The van der Waals surface area contributed by atoms with Gasteiger partial charge in [0.15, 0.2) is 0 Å². The van der Waals surface area contributed by atoms with Gasteiger partial charge in [-0.2, -0.15) is 0 Å². The highest BCUT2D eigenvalue weighted by atomic mass is 16.6. The van der Waals surface area contributed by atoms with Gasteiger partial charge in [0, 0.05) is 6.07 Å². The Morgan fingerprint density at radius 1 is 1.00 bits per heavy atom. The minimum atomic E-state index is -1.03. The third kappa shape index (κ3) is 4.79. The molecule has 0 atom stereocenters. The van der Waals surface area contributed by atoms with E-state index >= 15 is 0 Å². The molecule has 0 aliphatic heterocycles. The van der Waals surface area contributed by atoms with E-state index in [1.165, 1.54) is 13.8 Å². The molecule has 0 aromatic heterocycles. The van der Waals surface area contributed by atoms with E-state index in [0.29, 0.717) is 6.07 Å². The number of carbonyl (C=O) groups excluding carboxylic acids is 2. The van der Waals surface area contributed by atoms with Crippen LogP contribution in [0.15, 0.2) is 12.1 Å². The van der Waals surface area contributed by atoms with Gasteiger partial charge in [-0.15, -0.1) is 0 Å². The molecule has 0 heterocycles. The molecule has 1 rings (SSSR count). The molecule has 0 saturated carbocycles. The number of benzene rings is 1. The van der Waals surface area contributed by atoms with Gasteiger partial charge in [-0.05, 0) is 13.8 Å². The summed E-state index contributed by atoms with van der Waals surface area (Å²) in [4.78, 5) is 43.3. The van der Waals surface area contributed by atoms with Crippen molar-refractivity contribution in [2.24, 2.45) is 0 Å². The average Bonchev–Trinajstić information content (AvgIpc) is 2.48. The molecule has 2 N–H and O–H groups in total. The molecule has 130 valence electrons. The minimum Gasteiger partial charge on any atom is -0.450 e. The summed E-state index contributed by atoms with van der Waals surface area (Å²) in [5, 5.41) is 26.2. The number of nitrogens with zero attached hydrogens (tertiary/aromatic N) is 2. The molecule has 0 bridgehead atoms. The molecule has 1 aromatic rings. The van der Waals surface area contributed by atoms with Gasteiger partial charge in [-0.25, -0.2) is 9.59 Å². The first kappa shape index (κ1) is 18.6. The molecule has 24 heavy (non-hydrogen) atoms. The average molecular weight is 342 g/mol. The van der Waals surface area contributed by atoms with Gasteiger partial charge in [-0.3, -0.25) is 30.9 Å².